The molecule has 0 unspecified atom stereocenters. The van der Waals surface area contributed by atoms with Gasteiger partial charge in [0.2, 0.25) is 0 Å². The topological polar surface area (TPSA) is 9.23 Å². The van der Waals surface area contributed by atoms with Crippen molar-refractivity contribution in [3.05, 3.63) is 59.4 Å². The van der Waals surface area contributed by atoms with Crippen molar-refractivity contribution in [3.8, 4) is 0 Å². The average molecular weight is 399 g/mol. The number of hydrogen-bond acceptors (Lipinski definition) is 1. The molecule has 0 heterocycles. The fourth-order valence-electron chi connectivity index (χ4n) is 5.41. The van der Waals surface area contributed by atoms with Crippen molar-refractivity contribution in [2.45, 2.75) is 84.2 Å². The Hall–Kier alpha value is -1.41. The monoisotopic (exact) mass is 398 g/mol. The molecule has 1 aromatic rings. The summed E-state index contributed by atoms with van der Waals surface area (Å²) in [4.78, 5) is 0. The van der Waals surface area contributed by atoms with Crippen LogP contribution >= 0.6 is 0 Å². The maximum absolute atomic E-state index is 14.5. The zero-order chi connectivity index (χ0) is 20.5. The molecule has 2 aliphatic carbocycles. The Morgan fingerprint density at radius 3 is 2.28 bits per heavy atom. The van der Waals surface area contributed by atoms with Crippen LogP contribution in [0, 0.1) is 23.6 Å². The van der Waals surface area contributed by atoms with E-state index in [9.17, 15) is 4.39 Å². The Labute approximate surface area is 177 Å². The van der Waals surface area contributed by atoms with Crippen molar-refractivity contribution in [1.82, 2.24) is 0 Å². The van der Waals surface area contributed by atoms with Gasteiger partial charge in [0.15, 0.2) is 0 Å². The molecule has 0 saturated heterocycles. The standard InChI is InChI=1S/C27H39FO/c1-3-5-6-18-29-20-26-17-16-25(19-27(26)28)24-14-12-23(13-15-24)22-10-8-21(7-4-2)9-11-22/h4-7,16-17,19,21-24H,3,8-15,18,20H2,1-2H3/b6-5+,7-4-. The van der Waals surface area contributed by atoms with Gasteiger partial charge in [-0.05, 0) is 100 Å². The van der Waals surface area contributed by atoms with Crippen LogP contribution in [0.25, 0.3) is 0 Å². The Morgan fingerprint density at radius 1 is 0.966 bits per heavy atom. The van der Waals surface area contributed by atoms with Gasteiger partial charge in [0.05, 0.1) is 13.2 Å². The minimum Gasteiger partial charge on any atom is -0.373 e. The van der Waals surface area contributed by atoms with Crippen LogP contribution in [0.4, 0.5) is 4.39 Å². The molecular weight excluding hydrogens is 359 g/mol. The predicted molar refractivity (Wildman–Crippen MR) is 120 cm³/mol. The molecule has 0 N–H and O–H groups in total. The molecule has 2 fully saturated rings. The molecule has 0 radical (unpaired) electrons. The van der Waals surface area contributed by atoms with Gasteiger partial charge >= 0.3 is 0 Å². The molecule has 0 spiro atoms. The molecule has 2 aliphatic rings. The van der Waals surface area contributed by atoms with Gasteiger partial charge in [-0.15, -0.1) is 0 Å². The fraction of sp³-hybridized carbons (Fsp3) is 0.630. The molecule has 2 saturated carbocycles. The molecule has 1 nitrogen and oxygen atoms in total. The van der Waals surface area contributed by atoms with E-state index in [0.717, 1.165) is 24.2 Å². The second-order valence-corrected chi connectivity index (χ2v) is 9.06. The molecule has 2 heteroatoms. The summed E-state index contributed by atoms with van der Waals surface area (Å²) in [6, 6.07) is 5.84. The molecule has 160 valence electrons. The zero-order valence-electron chi connectivity index (χ0n) is 18.4. The lowest BCUT2D eigenvalue weighted by atomic mass is 9.68. The van der Waals surface area contributed by atoms with Crippen LogP contribution in [0.1, 0.15) is 88.7 Å². The summed E-state index contributed by atoms with van der Waals surface area (Å²) in [5.74, 6) is 3.07. The van der Waals surface area contributed by atoms with Crippen LogP contribution in [-0.2, 0) is 11.3 Å². The number of hydrogen-bond donors (Lipinski definition) is 0. The normalized spacial score (nSPS) is 28.4. The summed E-state index contributed by atoms with van der Waals surface area (Å²) in [6.45, 7) is 5.14. The van der Waals surface area contributed by atoms with E-state index in [2.05, 4.69) is 38.1 Å². The first kappa shape index (κ1) is 22.3. The first-order valence-electron chi connectivity index (χ1n) is 11.8. The molecule has 0 atom stereocenters. The third-order valence-corrected chi connectivity index (χ3v) is 7.14. The highest BCUT2D eigenvalue weighted by Crippen LogP contribution is 2.44. The highest BCUT2D eigenvalue weighted by Gasteiger charge is 2.30. The molecule has 29 heavy (non-hydrogen) atoms. The van der Waals surface area contributed by atoms with Crippen LogP contribution in [0.5, 0.6) is 0 Å². The zero-order valence-corrected chi connectivity index (χ0v) is 18.4. The maximum atomic E-state index is 14.5. The van der Waals surface area contributed by atoms with Crippen LogP contribution in [0.3, 0.4) is 0 Å². The fourth-order valence-corrected chi connectivity index (χ4v) is 5.41. The summed E-state index contributed by atoms with van der Waals surface area (Å²) in [7, 11) is 0. The second kappa shape index (κ2) is 11.7. The van der Waals surface area contributed by atoms with E-state index in [-0.39, 0.29) is 5.82 Å². The summed E-state index contributed by atoms with van der Waals surface area (Å²) >= 11 is 0. The lowest BCUT2D eigenvalue weighted by Gasteiger charge is -2.37. The quantitative estimate of drug-likeness (QED) is 0.319. The lowest BCUT2D eigenvalue weighted by Crippen LogP contribution is -2.25. The lowest BCUT2D eigenvalue weighted by molar-refractivity contribution is 0.145. The van der Waals surface area contributed by atoms with Crippen molar-refractivity contribution in [2.75, 3.05) is 6.61 Å². The number of rotatable bonds is 8. The van der Waals surface area contributed by atoms with E-state index >= 15 is 0 Å². The molecule has 0 amide bonds. The minimum absolute atomic E-state index is 0.105. The van der Waals surface area contributed by atoms with Gasteiger partial charge in [-0.1, -0.05) is 43.4 Å². The number of ether oxygens (including phenoxy) is 1. The van der Waals surface area contributed by atoms with Crippen LogP contribution < -0.4 is 0 Å². The SMILES string of the molecule is C/C=C\C1CCC(C2CCC(c3ccc(COC/C=C/CC)c(F)c3)CC2)CC1. The second-order valence-electron chi connectivity index (χ2n) is 9.06. The summed E-state index contributed by atoms with van der Waals surface area (Å²) in [6.07, 6.45) is 20.3. The van der Waals surface area contributed by atoms with E-state index in [4.69, 9.17) is 4.74 Å². The molecular formula is C27H39FO. The summed E-state index contributed by atoms with van der Waals surface area (Å²) < 4.78 is 20.1. The van der Waals surface area contributed by atoms with E-state index in [1.54, 1.807) is 6.07 Å². The van der Waals surface area contributed by atoms with Crippen LogP contribution in [0.2, 0.25) is 0 Å². The average Bonchev–Trinajstić information content (AvgIpc) is 2.75. The molecule has 3 rings (SSSR count). The molecule has 0 aromatic heterocycles. The number of benzene rings is 1. The molecule has 0 bridgehead atoms. The highest BCUT2D eigenvalue weighted by atomic mass is 19.1. The number of halogens is 1. The van der Waals surface area contributed by atoms with Crippen LogP contribution in [0.15, 0.2) is 42.5 Å². The van der Waals surface area contributed by atoms with E-state index in [1.807, 2.05) is 12.1 Å². The van der Waals surface area contributed by atoms with Gasteiger partial charge in [0.1, 0.15) is 5.82 Å². The van der Waals surface area contributed by atoms with Gasteiger partial charge < -0.3 is 4.74 Å². The Bertz CT molecular complexity index is 661. The minimum atomic E-state index is -0.105. The Morgan fingerprint density at radius 2 is 1.66 bits per heavy atom. The smallest absolute Gasteiger partial charge is 0.129 e. The van der Waals surface area contributed by atoms with Crippen molar-refractivity contribution in [3.63, 3.8) is 0 Å². The van der Waals surface area contributed by atoms with E-state index in [0.29, 0.717) is 24.7 Å². The van der Waals surface area contributed by atoms with Crippen molar-refractivity contribution >= 4 is 0 Å². The molecule has 0 aliphatic heterocycles. The van der Waals surface area contributed by atoms with Crippen LogP contribution in [-0.4, -0.2) is 6.61 Å². The van der Waals surface area contributed by atoms with Gasteiger partial charge in [0, 0.05) is 5.56 Å². The van der Waals surface area contributed by atoms with Gasteiger partial charge in [-0.25, -0.2) is 4.39 Å². The Kier molecular flexibility index (Phi) is 8.98. The summed E-state index contributed by atoms with van der Waals surface area (Å²) in [5.41, 5.74) is 1.86. The number of allylic oxidation sites excluding steroid dienone is 3. The van der Waals surface area contributed by atoms with Crippen molar-refractivity contribution < 1.29 is 9.13 Å². The first-order chi connectivity index (χ1) is 14.2. The Balaban J connectivity index is 1.45. The summed E-state index contributed by atoms with van der Waals surface area (Å²) in [5, 5.41) is 0. The van der Waals surface area contributed by atoms with Gasteiger partial charge in [0.25, 0.3) is 0 Å². The van der Waals surface area contributed by atoms with E-state index < -0.39 is 0 Å². The third kappa shape index (κ3) is 6.54. The maximum Gasteiger partial charge on any atom is 0.129 e. The first-order valence-corrected chi connectivity index (χ1v) is 11.8. The molecule has 1 aromatic carbocycles. The van der Waals surface area contributed by atoms with Crippen molar-refractivity contribution in [1.29, 1.82) is 0 Å². The van der Waals surface area contributed by atoms with E-state index in [1.165, 1.54) is 56.9 Å². The highest BCUT2D eigenvalue weighted by molar-refractivity contribution is 5.27. The predicted octanol–water partition coefficient (Wildman–Crippen LogP) is 7.96. The van der Waals surface area contributed by atoms with Gasteiger partial charge in [-0.2, -0.15) is 0 Å². The third-order valence-electron chi connectivity index (χ3n) is 7.14. The van der Waals surface area contributed by atoms with Gasteiger partial charge in [-0.3, -0.25) is 0 Å². The van der Waals surface area contributed by atoms with Crippen molar-refractivity contribution in [2.24, 2.45) is 17.8 Å². The largest absolute Gasteiger partial charge is 0.373 e.